The Balaban J connectivity index is 2.70. The Bertz CT molecular complexity index is 503. The Hall–Kier alpha value is -2.64. The highest BCUT2D eigenvalue weighted by Crippen LogP contribution is 2.16. The quantitative estimate of drug-likeness (QED) is 0.705. The van der Waals surface area contributed by atoms with Crippen LogP contribution in [0.2, 0.25) is 0 Å². The number of ether oxygens (including phenoxy) is 1. The highest BCUT2D eigenvalue weighted by atomic mass is 19.1. The summed E-state index contributed by atoms with van der Waals surface area (Å²) < 4.78 is 17.8. The number of primary amides is 1. The number of nitrogens with two attached hydrogens (primary N) is 1. The highest BCUT2D eigenvalue weighted by Gasteiger charge is 2.10. The molecular formula is C10H9FN2O5. The second-order valence-corrected chi connectivity index (χ2v) is 3.18. The number of urea groups is 1. The van der Waals surface area contributed by atoms with Gasteiger partial charge in [0.15, 0.2) is 6.61 Å². The minimum atomic E-state index is -1.33. The first kappa shape index (κ1) is 13.4. The van der Waals surface area contributed by atoms with Gasteiger partial charge in [0, 0.05) is 6.07 Å². The number of amides is 3. The van der Waals surface area contributed by atoms with E-state index in [2.05, 4.69) is 5.73 Å². The lowest BCUT2D eigenvalue weighted by atomic mass is 10.2. The average molecular weight is 256 g/mol. The van der Waals surface area contributed by atoms with Crippen molar-refractivity contribution in [2.24, 2.45) is 5.73 Å². The Morgan fingerprint density at radius 3 is 2.56 bits per heavy atom. The summed E-state index contributed by atoms with van der Waals surface area (Å²) in [6.45, 7) is -0.592. The number of halogens is 1. The lowest BCUT2D eigenvalue weighted by molar-refractivity contribution is -0.121. The second-order valence-electron chi connectivity index (χ2n) is 3.18. The number of nitrogens with one attached hydrogen (secondary N) is 1. The third-order valence-electron chi connectivity index (χ3n) is 1.75. The number of aromatic carboxylic acids is 1. The molecule has 0 bridgehead atoms. The molecule has 0 unspecified atom stereocenters. The van der Waals surface area contributed by atoms with Crippen LogP contribution in [0.1, 0.15) is 10.4 Å². The van der Waals surface area contributed by atoms with Crippen molar-refractivity contribution >= 4 is 17.9 Å². The number of hydrogen-bond donors (Lipinski definition) is 3. The highest BCUT2D eigenvalue weighted by molar-refractivity contribution is 5.94. The summed E-state index contributed by atoms with van der Waals surface area (Å²) in [7, 11) is 0. The van der Waals surface area contributed by atoms with E-state index in [1.807, 2.05) is 0 Å². The molecule has 0 fully saturated rings. The van der Waals surface area contributed by atoms with Gasteiger partial charge in [-0.15, -0.1) is 0 Å². The number of carboxylic acids is 1. The summed E-state index contributed by atoms with van der Waals surface area (Å²) in [6.07, 6.45) is 0. The van der Waals surface area contributed by atoms with Crippen molar-refractivity contribution in [2.45, 2.75) is 0 Å². The number of rotatable bonds is 4. The average Bonchev–Trinajstić information content (AvgIpc) is 2.24. The summed E-state index contributed by atoms with van der Waals surface area (Å²) >= 11 is 0. The fourth-order valence-corrected chi connectivity index (χ4v) is 1.09. The first-order valence-electron chi connectivity index (χ1n) is 4.64. The molecule has 0 spiro atoms. The minimum absolute atomic E-state index is 0.146. The number of hydrogen-bond acceptors (Lipinski definition) is 4. The standard InChI is InChI=1S/C10H9FN2O5/c11-6-1-5(9(15)16)2-7(3-6)18-4-8(14)13-10(12)17/h1-3H,4H2,(H,15,16)(H3,12,13,14,17). The van der Waals surface area contributed by atoms with E-state index in [0.717, 1.165) is 18.2 Å². The third kappa shape index (κ3) is 4.08. The van der Waals surface area contributed by atoms with Crippen LogP contribution in [-0.2, 0) is 4.79 Å². The van der Waals surface area contributed by atoms with Crippen molar-refractivity contribution in [1.82, 2.24) is 5.32 Å². The number of carbonyl (C=O) groups is 3. The van der Waals surface area contributed by atoms with E-state index in [1.54, 1.807) is 5.32 Å². The smallest absolute Gasteiger partial charge is 0.335 e. The molecular weight excluding hydrogens is 247 g/mol. The molecule has 7 nitrogen and oxygen atoms in total. The lowest BCUT2D eigenvalue weighted by Crippen LogP contribution is -2.38. The number of carboxylic acid groups (broad SMARTS) is 1. The van der Waals surface area contributed by atoms with Crippen LogP contribution in [0.5, 0.6) is 5.75 Å². The molecule has 0 aliphatic carbocycles. The zero-order valence-corrected chi connectivity index (χ0v) is 8.97. The molecule has 96 valence electrons. The molecule has 3 amide bonds. The van der Waals surface area contributed by atoms with Crippen LogP contribution < -0.4 is 15.8 Å². The van der Waals surface area contributed by atoms with Gasteiger partial charge in [-0.25, -0.2) is 14.0 Å². The molecule has 0 saturated carbocycles. The van der Waals surface area contributed by atoms with E-state index in [4.69, 9.17) is 9.84 Å². The molecule has 0 heterocycles. The van der Waals surface area contributed by atoms with Crippen LogP contribution in [0.15, 0.2) is 18.2 Å². The maximum atomic E-state index is 13.0. The van der Waals surface area contributed by atoms with Gasteiger partial charge in [0.05, 0.1) is 5.56 Å². The molecule has 18 heavy (non-hydrogen) atoms. The number of imide groups is 1. The second kappa shape index (κ2) is 5.62. The fraction of sp³-hybridized carbons (Fsp3) is 0.100. The van der Waals surface area contributed by atoms with E-state index < -0.39 is 30.3 Å². The lowest BCUT2D eigenvalue weighted by Gasteiger charge is -2.06. The minimum Gasteiger partial charge on any atom is -0.484 e. The molecule has 1 aromatic rings. The molecule has 0 atom stereocenters. The Morgan fingerprint density at radius 1 is 1.33 bits per heavy atom. The van der Waals surface area contributed by atoms with Crippen molar-refractivity contribution in [3.05, 3.63) is 29.6 Å². The largest absolute Gasteiger partial charge is 0.484 e. The Morgan fingerprint density at radius 2 is 2.00 bits per heavy atom. The molecule has 0 aliphatic rings. The topological polar surface area (TPSA) is 119 Å². The predicted octanol–water partition coefficient (Wildman–Crippen LogP) is 0.0976. The Kier molecular flexibility index (Phi) is 4.19. The summed E-state index contributed by atoms with van der Waals surface area (Å²) in [5.74, 6) is -3.13. The first-order chi connectivity index (χ1) is 8.38. The summed E-state index contributed by atoms with van der Waals surface area (Å²) in [5.41, 5.74) is 4.37. The molecule has 4 N–H and O–H groups in total. The summed E-state index contributed by atoms with van der Waals surface area (Å²) in [4.78, 5) is 31.9. The van der Waals surface area contributed by atoms with Crippen molar-refractivity contribution < 1.29 is 28.6 Å². The van der Waals surface area contributed by atoms with Gasteiger partial charge in [-0.05, 0) is 12.1 Å². The van der Waals surface area contributed by atoms with Crippen molar-refractivity contribution in [1.29, 1.82) is 0 Å². The molecule has 8 heteroatoms. The van der Waals surface area contributed by atoms with Crippen molar-refractivity contribution in [2.75, 3.05) is 6.61 Å². The number of benzene rings is 1. The van der Waals surface area contributed by atoms with Gasteiger partial charge in [0.25, 0.3) is 5.91 Å². The van der Waals surface area contributed by atoms with Crippen LogP contribution >= 0.6 is 0 Å². The molecule has 0 aromatic heterocycles. The van der Waals surface area contributed by atoms with Gasteiger partial charge < -0.3 is 15.6 Å². The number of carbonyl (C=O) groups excluding carboxylic acids is 2. The zero-order chi connectivity index (χ0) is 13.7. The first-order valence-corrected chi connectivity index (χ1v) is 4.64. The zero-order valence-electron chi connectivity index (χ0n) is 8.97. The van der Waals surface area contributed by atoms with E-state index >= 15 is 0 Å². The van der Waals surface area contributed by atoms with Crippen LogP contribution in [0.4, 0.5) is 9.18 Å². The fourth-order valence-electron chi connectivity index (χ4n) is 1.09. The van der Waals surface area contributed by atoms with Gasteiger partial charge in [-0.1, -0.05) is 0 Å². The molecule has 1 aromatic carbocycles. The van der Waals surface area contributed by atoms with E-state index in [0.29, 0.717) is 0 Å². The van der Waals surface area contributed by atoms with Gasteiger partial charge in [-0.3, -0.25) is 10.1 Å². The van der Waals surface area contributed by atoms with Crippen molar-refractivity contribution in [3.8, 4) is 5.75 Å². The van der Waals surface area contributed by atoms with Crippen LogP contribution in [-0.4, -0.2) is 29.6 Å². The van der Waals surface area contributed by atoms with Gasteiger partial charge in [-0.2, -0.15) is 0 Å². The normalized spacial score (nSPS) is 9.61. The van der Waals surface area contributed by atoms with Gasteiger partial charge in [0.1, 0.15) is 11.6 Å². The van der Waals surface area contributed by atoms with Crippen LogP contribution in [0.3, 0.4) is 0 Å². The van der Waals surface area contributed by atoms with E-state index in [-0.39, 0.29) is 11.3 Å². The van der Waals surface area contributed by atoms with E-state index in [9.17, 15) is 18.8 Å². The third-order valence-corrected chi connectivity index (χ3v) is 1.75. The Labute approximate surface area is 100 Å². The molecule has 0 saturated heterocycles. The van der Waals surface area contributed by atoms with E-state index in [1.165, 1.54) is 0 Å². The molecule has 0 radical (unpaired) electrons. The van der Waals surface area contributed by atoms with Gasteiger partial charge >= 0.3 is 12.0 Å². The maximum absolute atomic E-state index is 13.0. The SMILES string of the molecule is NC(=O)NC(=O)COc1cc(F)cc(C(=O)O)c1. The summed E-state index contributed by atoms with van der Waals surface area (Å²) in [6, 6.07) is 1.71. The van der Waals surface area contributed by atoms with Crippen molar-refractivity contribution in [3.63, 3.8) is 0 Å². The van der Waals surface area contributed by atoms with Crippen LogP contribution in [0.25, 0.3) is 0 Å². The molecule has 1 rings (SSSR count). The molecule has 0 aliphatic heterocycles. The van der Waals surface area contributed by atoms with Crippen LogP contribution in [0, 0.1) is 5.82 Å². The monoisotopic (exact) mass is 256 g/mol. The predicted molar refractivity (Wildman–Crippen MR) is 56.6 cm³/mol. The summed E-state index contributed by atoms with van der Waals surface area (Å²) in [5, 5.41) is 10.4. The van der Waals surface area contributed by atoms with Gasteiger partial charge in [0.2, 0.25) is 0 Å². The maximum Gasteiger partial charge on any atom is 0.335 e.